The van der Waals surface area contributed by atoms with Gasteiger partial charge in [0.15, 0.2) is 0 Å². The minimum absolute atomic E-state index is 0.190. The van der Waals surface area contributed by atoms with Crippen LogP contribution in [0.15, 0.2) is 48.7 Å². The van der Waals surface area contributed by atoms with Gasteiger partial charge in [0.25, 0.3) is 0 Å². The van der Waals surface area contributed by atoms with Gasteiger partial charge in [0.2, 0.25) is 0 Å². The van der Waals surface area contributed by atoms with E-state index in [4.69, 9.17) is 16.3 Å². The Kier molecular flexibility index (Phi) is 6.82. The molecule has 2 heterocycles. The Morgan fingerprint density at radius 3 is 2.53 bits per heavy atom. The molecule has 2 atom stereocenters. The summed E-state index contributed by atoms with van der Waals surface area (Å²) in [5.41, 5.74) is 0.899. The zero-order valence-corrected chi connectivity index (χ0v) is 18.1. The van der Waals surface area contributed by atoms with E-state index in [2.05, 4.69) is 15.6 Å². The lowest BCUT2D eigenvalue weighted by Crippen LogP contribution is -2.53. The van der Waals surface area contributed by atoms with Gasteiger partial charge in [0, 0.05) is 42.6 Å². The highest BCUT2D eigenvalue weighted by Crippen LogP contribution is 2.28. The summed E-state index contributed by atoms with van der Waals surface area (Å²) in [5.74, 6) is -0.190. The number of hydrogen-bond donors (Lipinski definition) is 2. The number of aromatic nitrogens is 1. The molecule has 30 heavy (non-hydrogen) atoms. The van der Waals surface area contributed by atoms with Gasteiger partial charge in [-0.15, -0.1) is 0 Å². The van der Waals surface area contributed by atoms with Crippen LogP contribution in [0.4, 0.5) is 15.3 Å². The van der Waals surface area contributed by atoms with E-state index in [0.717, 1.165) is 5.69 Å². The van der Waals surface area contributed by atoms with Gasteiger partial charge in [0.05, 0.1) is 5.02 Å². The Morgan fingerprint density at radius 1 is 1.17 bits per heavy atom. The minimum atomic E-state index is -0.574. The van der Waals surface area contributed by atoms with Crippen molar-refractivity contribution in [3.8, 4) is 0 Å². The highest BCUT2D eigenvalue weighted by molar-refractivity contribution is 6.30. The molecule has 160 valence electrons. The van der Waals surface area contributed by atoms with E-state index in [9.17, 15) is 9.59 Å². The van der Waals surface area contributed by atoms with Crippen LogP contribution < -0.4 is 10.6 Å². The number of pyridine rings is 1. The third-order valence-corrected chi connectivity index (χ3v) is 4.97. The lowest BCUT2D eigenvalue weighted by molar-refractivity contribution is 0.0178. The second kappa shape index (κ2) is 9.34. The summed E-state index contributed by atoms with van der Waals surface area (Å²) in [4.78, 5) is 31.2. The molecule has 0 saturated carbocycles. The number of nitrogens with one attached hydrogen (secondary N) is 2. The number of anilines is 1. The summed E-state index contributed by atoms with van der Waals surface area (Å²) in [6, 6.07) is 12.3. The zero-order valence-electron chi connectivity index (χ0n) is 17.4. The van der Waals surface area contributed by atoms with Gasteiger partial charge < -0.3 is 20.3 Å². The van der Waals surface area contributed by atoms with Crippen molar-refractivity contribution >= 4 is 29.4 Å². The Balaban J connectivity index is 1.73. The topological polar surface area (TPSA) is 83.6 Å². The molecule has 0 bridgehead atoms. The van der Waals surface area contributed by atoms with Crippen molar-refractivity contribution in [2.24, 2.45) is 0 Å². The monoisotopic (exact) mass is 430 g/mol. The lowest BCUT2D eigenvalue weighted by Gasteiger charge is -2.39. The first-order valence-electron chi connectivity index (χ1n) is 9.93. The van der Waals surface area contributed by atoms with Crippen LogP contribution in [0.2, 0.25) is 5.02 Å². The van der Waals surface area contributed by atoms with Crippen LogP contribution >= 0.6 is 11.6 Å². The Labute approximate surface area is 181 Å². The summed E-state index contributed by atoms with van der Waals surface area (Å²) in [7, 11) is 0. The number of amides is 3. The standard InChI is InChI=1S/C22H27ClN4O3/c1-22(2,3)30-21(29)27-12-11-19(17(14-27)18-10-9-15(23)13-24-18)26-20(28)25-16-7-5-4-6-8-16/h4-10,13,17,19H,11-12,14H2,1-3H3,(H2,25,26,28)/t17-,19+/m0/s1. The normalized spacial score (nSPS) is 19.1. The van der Waals surface area contributed by atoms with E-state index < -0.39 is 5.60 Å². The molecule has 0 radical (unpaired) electrons. The van der Waals surface area contributed by atoms with Crippen molar-refractivity contribution in [2.75, 3.05) is 18.4 Å². The van der Waals surface area contributed by atoms with E-state index in [-0.39, 0.29) is 24.1 Å². The number of benzene rings is 1. The number of urea groups is 1. The van der Waals surface area contributed by atoms with Crippen molar-refractivity contribution in [3.05, 3.63) is 59.4 Å². The smallest absolute Gasteiger partial charge is 0.410 e. The third kappa shape index (κ3) is 6.10. The number of carbonyl (C=O) groups is 2. The number of halogens is 1. The molecule has 1 aliphatic heterocycles. The van der Waals surface area contributed by atoms with Crippen LogP contribution in [0.25, 0.3) is 0 Å². The molecule has 0 spiro atoms. The molecule has 0 aliphatic carbocycles. The summed E-state index contributed by atoms with van der Waals surface area (Å²) < 4.78 is 5.52. The van der Waals surface area contributed by atoms with Gasteiger partial charge in [-0.3, -0.25) is 4.98 Å². The first kappa shape index (κ1) is 21.9. The first-order chi connectivity index (χ1) is 14.2. The minimum Gasteiger partial charge on any atom is -0.444 e. The number of ether oxygens (including phenoxy) is 1. The molecule has 1 aromatic carbocycles. The molecular weight excluding hydrogens is 404 g/mol. The molecule has 7 nitrogen and oxygen atoms in total. The molecule has 1 aromatic heterocycles. The van der Waals surface area contributed by atoms with Crippen molar-refractivity contribution in [2.45, 2.75) is 44.8 Å². The van der Waals surface area contributed by atoms with Crippen molar-refractivity contribution < 1.29 is 14.3 Å². The van der Waals surface area contributed by atoms with E-state index in [1.54, 1.807) is 17.2 Å². The number of carbonyl (C=O) groups excluding carboxylic acids is 2. The molecule has 0 unspecified atom stereocenters. The van der Waals surface area contributed by atoms with Crippen molar-refractivity contribution in [3.63, 3.8) is 0 Å². The summed E-state index contributed by atoms with van der Waals surface area (Å²) >= 11 is 5.99. The highest BCUT2D eigenvalue weighted by Gasteiger charge is 2.36. The molecular formula is C22H27ClN4O3. The SMILES string of the molecule is CC(C)(C)OC(=O)N1CC[C@@H](NC(=O)Nc2ccccc2)[C@H](c2ccc(Cl)cn2)C1. The maximum Gasteiger partial charge on any atom is 0.410 e. The second-order valence-electron chi connectivity index (χ2n) is 8.29. The number of hydrogen-bond acceptors (Lipinski definition) is 4. The zero-order chi connectivity index (χ0) is 21.7. The molecule has 8 heteroatoms. The van der Waals surface area contributed by atoms with Crippen LogP contribution in [0, 0.1) is 0 Å². The molecule has 1 fully saturated rings. The third-order valence-electron chi connectivity index (χ3n) is 4.74. The van der Waals surface area contributed by atoms with Gasteiger partial charge in [-0.25, -0.2) is 9.59 Å². The fourth-order valence-electron chi connectivity index (χ4n) is 3.38. The van der Waals surface area contributed by atoms with Gasteiger partial charge in [-0.05, 0) is 51.5 Å². The number of piperidine rings is 1. The van der Waals surface area contributed by atoms with Crippen molar-refractivity contribution in [1.82, 2.24) is 15.2 Å². The highest BCUT2D eigenvalue weighted by atomic mass is 35.5. The average Bonchev–Trinajstić information content (AvgIpc) is 2.68. The Morgan fingerprint density at radius 2 is 1.90 bits per heavy atom. The van der Waals surface area contributed by atoms with Gasteiger partial charge in [-0.1, -0.05) is 29.8 Å². The molecule has 3 rings (SSSR count). The van der Waals surface area contributed by atoms with Gasteiger partial charge >= 0.3 is 12.1 Å². The number of nitrogens with zero attached hydrogens (tertiary/aromatic N) is 2. The molecule has 2 N–H and O–H groups in total. The number of rotatable bonds is 3. The molecule has 2 aromatic rings. The summed E-state index contributed by atoms with van der Waals surface area (Å²) in [6.07, 6.45) is 1.79. The van der Waals surface area contributed by atoms with Crippen LogP contribution in [-0.2, 0) is 4.74 Å². The van der Waals surface area contributed by atoms with Crippen LogP contribution in [0.3, 0.4) is 0 Å². The van der Waals surface area contributed by atoms with E-state index in [1.807, 2.05) is 57.2 Å². The fourth-order valence-corrected chi connectivity index (χ4v) is 3.49. The van der Waals surface area contributed by atoms with E-state index in [1.165, 1.54) is 0 Å². The Hall–Kier alpha value is -2.80. The quantitative estimate of drug-likeness (QED) is 0.742. The van der Waals surface area contributed by atoms with Crippen LogP contribution in [0.1, 0.15) is 38.8 Å². The van der Waals surface area contributed by atoms with Crippen LogP contribution in [-0.4, -0.2) is 46.7 Å². The number of para-hydroxylation sites is 1. The first-order valence-corrected chi connectivity index (χ1v) is 10.3. The lowest BCUT2D eigenvalue weighted by atomic mass is 9.89. The van der Waals surface area contributed by atoms with Gasteiger partial charge in [-0.2, -0.15) is 0 Å². The summed E-state index contributed by atoms with van der Waals surface area (Å²) in [6.45, 7) is 6.39. The maximum atomic E-state index is 12.6. The van der Waals surface area contributed by atoms with Gasteiger partial charge in [0.1, 0.15) is 5.60 Å². The molecule has 1 aliphatic rings. The molecule has 3 amide bonds. The average molecular weight is 431 g/mol. The van der Waals surface area contributed by atoms with E-state index in [0.29, 0.717) is 30.2 Å². The largest absolute Gasteiger partial charge is 0.444 e. The summed E-state index contributed by atoms with van der Waals surface area (Å²) in [5, 5.41) is 6.41. The Bertz CT molecular complexity index is 868. The molecule has 1 saturated heterocycles. The second-order valence-corrected chi connectivity index (χ2v) is 8.73. The van der Waals surface area contributed by atoms with Crippen LogP contribution in [0.5, 0.6) is 0 Å². The predicted octanol–water partition coefficient (Wildman–Crippen LogP) is 4.65. The van der Waals surface area contributed by atoms with E-state index >= 15 is 0 Å². The fraction of sp³-hybridized carbons (Fsp3) is 0.409. The maximum absolute atomic E-state index is 12.6. The predicted molar refractivity (Wildman–Crippen MR) is 117 cm³/mol. The van der Waals surface area contributed by atoms with Crippen molar-refractivity contribution in [1.29, 1.82) is 0 Å². The number of likely N-dealkylation sites (tertiary alicyclic amines) is 1.